The summed E-state index contributed by atoms with van der Waals surface area (Å²) < 4.78 is 0. The van der Waals surface area contributed by atoms with Gasteiger partial charge in [0.1, 0.15) is 5.75 Å². The first-order valence-corrected chi connectivity index (χ1v) is 9.16. The molecule has 3 heteroatoms. The second-order valence-electron chi connectivity index (χ2n) is 7.56. The lowest BCUT2D eigenvalue weighted by Gasteiger charge is -2.17. The second-order valence-corrected chi connectivity index (χ2v) is 7.56. The number of nitrogens with zero attached hydrogens (tertiary/aromatic N) is 1. The van der Waals surface area contributed by atoms with Gasteiger partial charge < -0.3 is 5.11 Å². The molecule has 0 heterocycles. The highest BCUT2D eigenvalue weighted by Gasteiger charge is 2.17. The van der Waals surface area contributed by atoms with Crippen molar-refractivity contribution in [2.75, 3.05) is 0 Å². The number of para-hydroxylation sites is 1. The zero-order valence-electron chi connectivity index (χ0n) is 16.8. The van der Waals surface area contributed by atoms with Crippen LogP contribution < -0.4 is 0 Å². The highest BCUT2D eigenvalue weighted by molar-refractivity contribution is 6.07. The molecule has 0 saturated heterocycles. The summed E-state index contributed by atoms with van der Waals surface area (Å²) in [5.41, 5.74) is 5.95. The fraction of sp³-hybridized carbons (Fsp3) is 0.391. The van der Waals surface area contributed by atoms with Gasteiger partial charge in [-0.3, -0.25) is 9.79 Å². The number of hydrogen-bond acceptors (Lipinski definition) is 3. The number of rotatable bonds is 5. The Hall–Kier alpha value is -2.42. The van der Waals surface area contributed by atoms with E-state index in [-0.39, 0.29) is 11.5 Å². The van der Waals surface area contributed by atoms with Gasteiger partial charge >= 0.3 is 0 Å². The zero-order chi connectivity index (χ0) is 19.6. The topological polar surface area (TPSA) is 49.7 Å². The van der Waals surface area contributed by atoms with Crippen LogP contribution in [0.1, 0.15) is 86.0 Å². The summed E-state index contributed by atoms with van der Waals surface area (Å²) in [5, 5.41) is 10.6. The number of aromatic hydroxyl groups is 1. The van der Waals surface area contributed by atoms with E-state index >= 15 is 0 Å². The zero-order valence-corrected chi connectivity index (χ0v) is 16.8. The van der Waals surface area contributed by atoms with Crippen molar-refractivity contribution >= 4 is 17.2 Å². The van der Waals surface area contributed by atoms with Crippen LogP contribution in [0.2, 0.25) is 0 Å². The third-order valence-electron chi connectivity index (χ3n) is 4.65. The van der Waals surface area contributed by atoms with Gasteiger partial charge in [0.2, 0.25) is 0 Å². The minimum atomic E-state index is -0.148. The van der Waals surface area contributed by atoms with Gasteiger partial charge in [-0.15, -0.1) is 0 Å². The molecule has 0 aromatic heterocycles. The van der Waals surface area contributed by atoms with Crippen LogP contribution in [0.4, 0.5) is 5.69 Å². The minimum Gasteiger partial charge on any atom is -0.506 e. The predicted octanol–water partition coefficient (Wildman–Crippen LogP) is 6.29. The molecule has 2 rings (SSSR count). The van der Waals surface area contributed by atoms with E-state index in [1.54, 1.807) is 6.07 Å². The van der Waals surface area contributed by atoms with E-state index in [0.717, 1.165) is 11.3 Å². The molecule has 0 radical (unpaired) electrons. The van der Waals surface area contributed by atoms with Gasteiger partial charge in [0.15, 0.2) is 5.78 Å². The highest BCUT2D eigenvalue weighted by atomic mass is 16.3. The van der Waals surface area contributed by atoms with Crippen molar-refractivity contribution in [3.63, 3.8) is 0 Å². The van der Waals surface area contributed by atoms with Gasteiger partial charge in [-0.2, -0.15) is 0 Å². The van der Waals surface area contributed by atoms with E-state index in [1.165, 1.54) is 18.1 Å². The maximum Gasteiger partial charge on any atom is 0.163 e. The molecule has 0 unspecified atom stereocenters. The van der Waals surface area contributed by atoms with Crippen molar-refractivity contribution in [3.05, 3.63) is 58.1 Å². The maximum atomic E-state index is 11.8. The molecule has 138 valence electrons. The Labute approximate surface area is 156 Å². The van der Waals surface area contributed by atoms with Crippen molar-refractivity contribution < 1.29 is 9.90 Å². The van der Waals surface area contributed by atoms with Gasteiger partial charge in [-0.05, 0) is 61.4 Å². The number of phenols is 1. The maximum absolute atomic E-state index is 11.8. The smallest absolute Gasteiger partial charge is 0.163 e. The molecule has 0 saturated carbocycles. The van der Waals surface area contributed by atoms with Crippen LogP contribution >= 0.6 is 0 Å². The number of hydrogen-bond donors (Lipinski definition) is 1. The van der Waals surface area contributed by atoms with Gasteiger partial charge in [-0.1, -0.05) is 45.9 Å². The average molecular weight is 351 g/mol. The van der Waals surface area contributed by atoms with Crippen LogP contribution in [0, 0.1) is 6.92 Å². The second kappa shape index (κ2) is 7.86. The Morgan fingerprint density at radius 2 is 1.46 bits per heavy atom. The summed E-state index contributed by atoms with van der Waals surface area (Å²) in [7, 11) is 0. The lowest BCUT2D eigenvalue weighted by molar-refractivity contribution is 0.101. The first-order valence-electron chi connectivity index (χ1n) is 9.16. The molecule has 0 aliphatic carbocycles. The van der Waals surface area contributed by atoms with Gasteiger partial charge in [-0.25, -0.2) is 0 Å². The molecular weight excluding hydrogens is 322 g/mol. The number of carbonyl (C=O) groups excluding carboxylic acids is 1. The highest BCUT2D eigenvalue weighted by Crippen LogP contribution is 2.36. The summed E-state index contributed by atoms with van der Waals surface area (Å²) in [5.74, 6) is 0.557. The molecule has 1 N–H and O–H groups in total. The number of phenolic OH excluding ortho intramolecular Hbond substituents is 1. The summed E-state index contributed by atoms with van der Waals surface area (Å²) in [6.07, 6.45) is 0. The third-order valence-corrected chi connectivity index (χ3v) is 4.65. The average Bonchev–Trinajstić information content (AvgIpc) is 2.55. The largest absolute Gasteiger partial charge is 0.506 e. The molecule has 0 bridgehead atoms. The van der Waals surface area contributed by atoms with E-state index < -0.39 is 0 Å². The summed E-state index contributed by atoms with van der Waals surface area (Å²) >= 11 is 0. The van der Waals surface area contributed by atoms with Crippen molar-refractivity contribution in [1.29, 1.82) is 0 Å². The molecule has 0 aliphatic heterocycles. The fourth-order valence-electron chi connectivity index (χ4n) is 3.19. The number of carbonyl (C=O) groups is 1. The lowest BCUT2D eigenvalue weighted by atomic mass is 9.92. The monoisotopic (exact) mass is 351 g/mol. The summed E-state index contributed by atoms with van der Waals surface area (Å²) in [6, 6.07) is 9.90. The van der Waals surface area contributed by atoms with E-state index in [4.69, 9.17) is 4.99 Å². The van der Waals surface area contributed by atoms with Crippen LogP contribution in [0.5, 0.6) is 5.75 Å². The summed E-state index contributed by atoms with van der Waals surface area (Å²) in [6.45, 7) is 13.9. The van der Waals surface area contributed by atoms with E-state index in [0.29, 0.717) is 28.7 Å². The normalized spacial score (nSPS) is 12.1. The SMILES string of the molecule is CC(=O)c1cc(C)cc(C(C)=Nc2c(C(C)C)cccc2C(C)C)c1O. The van der Waals surface area contributed by atoms with Crippen LogP contribution in [0.15, 0.2) is 35.3 Å². The Balaban J connectivity index is 2.70. The molecule has 0 atom stereocenters. The first-order chi connectivity index (χ1) is 12.1. The molecular formula is C23H29NO2. The van der Waals surface area contributed by atoms with Crippen molar-refractivity contribution in [1.82, 2.24) is 0 Å². The first kappa shape index (κ1) is 19.9. The molecule has 3 nitrogen and oxygen atoms in total. The number of benzene rings is 2. The van der Waals surface area contributed by atoms with Crippen LogP contribution in [-0.4, -0.2) is 16.6 Å². The molecule has 26 heavy (non-hydrogen) atoms. The summed E-state index contributed by atoms with van der Waals surface area (Å²) in [4.78, 5) is 16.8. The minimum absolute atomic E-state index is 0.0116. The molecule has 0 spiro atoms. The number of aliphatic imine (C=N–C) groups is 1. The van der Waals surface area contributed by atoms with Gasteiger partial charge in [0, 0.05) is 11.3 Å². The Bertz CT molecular complexity index is 835. The van der Waals surface area contributed by atoms with Crippen LogP contribution in [-0.2, 0) is 0 Å². The van der Waals surface area contributed by atoms with Crippen molar-refractivity contribution in [3.8, 4) is 5.75 Å². The standard InChI is InChI=1S/C23H29NO2/c1-13(2)18-9-8-10-19(14(3)4)22(18)24-16(6)20-11-15(5)12-21(17(7)25)23(20)26/h8-14,26H,1-7H3. The Kier molecular flexibility index (Phi) is 6.01. The molecule has 0 amide bonds. The van der Waals surface area contributed by atoms with E-state index in [9.17, 15) is 9.90 Å². The van der Waals surface area contributed by atoms with Crippen molar-refractivity contribution in [2.24, 2.45) is 4.99 Å². The van der Waals surface area contributed by atoms with Crippen LogP contribution in [0.25, 0.3) is 0 Å². The number of aryl methyl sites for hydroxylation is 1. The van der Waals surface area contributed by atoms with Crippen molar-refractivity contribution in [2.45, 2.75) is 60.3 Å². The molecule has 2 aromatic carbocycles. The van der Waals surface area contributed by atoms with E-state index in [2.05, 4.69) is 45.9 Å². The molecule has 2 aromatic rings. The quantitative estimate of drug-likeness (QED) is 0.508. The predicted molar refractivity (Wildman–Crippen MR) is 109 cm³/mol. The van der Waals surface area contributed by atoms with Crippen LogP contribution in [0.3, 0.4) is 0 Å². The Morgan fingerprint density at radius 1 is 0.962 bits per heavy atom. The third kappa shape index (κ3) is 4.04. The Morgan fingerprint density at radius 3 is 1.92 bits per heavy atom. The number of Topliss-reactive ketones (excluding diaryl/α,β-unsaturated/α-hetero) is 1. The van der Waals surface area contributed by atoms with Gasteiger partial charge in [0.25, 0.3) is 0 Å². The fourth-order valence-corrected chi connectivity index (χ4v) is 3.19. The molecule has 0 aliphatic rings. The van der Waals surface area contributed by atoms with E-state index in [1.807, 2.05) is 19.9 Å². The van der Waals surface area contributed by atoms with Gasteiger partial charge in [0.05, 0.1) is 11.3 Å². The molecule has 0 fully saturated rings. The lowest BCUT2D eigenvalue weighted by Crippen LogP contribution is -2.03. The number of ketones is 1.